The molecule has 0 bridgehead atoms. The quantitative estimate of drug-likeness (QED) is 0.842. The summed E-state index contributed by atoms with van der Waals surface area (Å²) in [6.07, 6.45) is 6.22. The molecule has 0 aromatic rings. The molecule has 1 saturated carbocycles. The van der Waals surface area contributed by atoms with E-state index in [2.05, 4.69) is 0 Å². The molecule has 2 N–H and O–H groups in total. The molecule has 0 aromatic carbocycles. The van der Waals surface area contributed by atoms with Crippen molar-refractivity contribution in [3.05, 3.63) is 0 Å². The number of ether oxygens (including phenoxy) is 1. The Hall–Kier alpha value is -0.170. The molecule has 2 saturated heterocycles. The van der Waals surface area contributed by atoms with E-state index in [1.165, 1.54) is 0 Å². The summed E-state index contributed by atoms with van der Waals surface area (Å²) in [5.41, 5.74) is 6.16. The second kappa shape index (κ2) is 5.91. The summed E-state index contributed by atoms with van der Waals surface area (Å²) >= 11 is 0. The lowest BCUT2D eigenvalue weighted by atomic mass is 9.78. The molecular formula is C14H26N2O3S. The average Bonchev–Trinajstić information content (AvgIpc) is 2.86. The van der Waals surface area contributed by atoms with Crippen molar-refractivity contribution in [2.75, 3.05) is 25.4 Å². The highest BCUT2D eigenvalue weighted by Crippen LogP contribution is 2.37. The minimum absolute atomic E-state index is 0.106. The van der Waals surface area contributed by atoms with Crippen LogP contribution >= 0.6 is 0 Å². The molecule has 0 radical (unpaired) electrons. The van der Waals surface area contributed by atoms with Crippen LogP contribution in [0.1, 0.15) is 38.5 Å². The number of sulfonamides is 1. The van der Waals surface area contributed by atoms with Crippen molar-refractivity contribution in [1.82, 2.24) is 4.31 Å². The summed E-state index contributed by atoms with van der Waals surface area (Å²) < 4.78 is 32.4. The molecule has 116 valence electrons. The van der Waals surface area contributed by atoms with Gasteiger partial charge in [-0.15, -0.1) is 0 Å². The largest absolute Gasteiger partial charge is 0.377 e. The highest BCUT2D eigenvalue weighted by atomic mass is 32.2. The smallest absolute Gasteiger partial charge is 0.216 e. The summed E-state index contributed by atoms with van der Waals surface area (Å²) in [5.74, 6) is 0.994. The number of fused-ring (bicyclic) bond motifs is 1. The van der Waals surface area contributed by atoms with Crippen LogP contribution in [0.4, 0.5) is 0 Å². The van der Waals surface area contributed by atoms with Crippen LogP contribution in [-0.2, 0) is 14.8 Å². The summed E-state index contributed by atoms with van der Waals surface area (Å²) in [7, 11) is -3.19. The monoisotopic (exact) mass is 302 g/mol. The highest BCUT2D eigenvalue weighted by molar-refractivity contribution is 7.89. The lowest BCUT2D eigenvalue weighted by Crippen LogP contribution is -2.39. The molecule has 20 heavy (non-hydrogen) atoms. The maximum Gasteiger partial charge on any atom is 0.216 e. The molecule has 2 aliphatic heterocycles. The zero-order valence-corrected chi connectivity index (χ0v) is 12.9. The number of hydrogen-bond donors (Lipinski definition) is 1. The predicted molar refractivity (Wildman–Crippen MR) is 77.8 cm³/mol. The predicted octanol–water partition coefficient (Wildman–Crippen LogP) is 0.944. The fourth-order valence-electron chi connectivity index (χ4n) is 3.98. The van der Waals surface area contributed by atoms with Crippen LogP contribution < -0.4 is 5.73 Å². The first-order chi connectivity index (χ1) is 9.56. The summed E-state index contributed by atoms with van der Waals surface area (Å²) in [6, 6.07) is 0.180. The maximum absolute atomic E-state index is 12.6. The molecule has 2 heterocycles. The van der Waals surface area contributed by atoms with Crippen molar-refractivity contribution < 1.29 is 13.2 Å². The third-order valence-corrected chi connectivity index (χ3v) is 7.06. The van der Waals surface area contributed by atoms with Crippen molar-refractivity contribution >= 4 is 10.0 Å². The topological polar surface area (TPSA) is 72.6 Å². The summed E-state index contributed by atoms with van der Waals surface area (Å²) in [5, 5.41) is 0. The zero-order chi connectivity index (χ0) is 14.2. The van der Waals surface area contributed by atoms with Gasteiger partial charge in [0.2, 0.25) is 10.0 Å². The highest BCUT2D eigenvalue weighted by Gasteiger charge is 2.43. The van der Waals surface area contributed by atoms with E-state index >= 15 is 0 Å². The molecule has 5 nitrogen and oxygen atoms in total. The Morgan fingerprint density at radius 2 is 1.95 bits per heavy atom. The lowest BCUT2D eigenvalue weighted by molar-refractivity contribution is 0.0299. The molecule has 6 heteroatoms. The van der Waals surface area contributed by atoms with E-state index in [1.54, 1.807) is 4.31 Å². The minimum atomic E-state index is -3.19. The van der Waals surface area contributed by atoms with Gasteiger partial charge in [0.1, 0.15) is 0 Å². The third-order valence-electron chi connectivity index (χ3n) is 5.18. The molecule has 0 spiro atoms. The van der Waals surface area contributed by atoms with Gasteiger partial charge < -0.3 is 10.5 Å². The molecular weight excluding hydrogens is 276 g/mol. The van der Waals surface area contributed by atoms with Gasteiger partial charge in [0, 0.05) is 25.7 Å². The van der Waals surface area contributed by atoms with Crippen molar-refractivity contribution in [3.8, 4) is 0 Å². The van der Waals surface area contributed by atoms with Crippen LogP contribution in [0.3, 0.4) is 0 Å². The van der Waals surface area contributed by atoms with E-state index in [0.717, 1.165) is 38.5 Å². The van der Waals surface area contributed by atoms with E-state index in [9.17, 15) is 8.42 Å². The van der Waals surface area contributed by atoms with Crippen molar-refractivity contribution in [2.24, 2.45) is 17.6 Å². The van der Waals surface area contributed by atoms with Crippen LogP contribution in [0.25, 0.3) is 0 Å². The van der Waals surface area contributed by atoms with Gasteiger partial charge in [-0.25, -0.2) is 12.7 Å². The molecule has 4 atom stereocenters. The molecule has 3 rings (SSSR count). The fraction of sp³-hybridized carbons (Fsp3) is 1.00. The van der Waals surface area contributed by atoms with Gasteiger partial charge in [0.05, 0.1) is 11.9 Å². The Kier molecular flexibility index (Phi) is 4.36. The van der Waals surface area contributed by atoms with Crippen molar-refractivity contribution in [3.63, 3.8) is 0 Å². The Bertz CT molecular complexity index is 434. The fourth-order valence-corrected chi connectivity index (χ4v) is 5.74. The number of rotatable bonds is 3. The normalized spacial score (nSPS) is 39.6. The first-order valence-corrected chi connectivity index (χ1v) is 9.52. The molecule has 0 amide bonds. The van der Waals surface area contributed by atoms with E-state index in [1.807, 2.05) is 0 Å². The van der Waals surface area contributed by atoms with Crippen LogP contribution in [-0.4, -0.2) is 50.3 Å². The van der Waals surface area contributed by atoms with E-state index in [4.69, 9.17) is 10.5 Å². The van der Waals surface area contributed by atoms with Gasteiger partial charge in [-0.1, -0.05) is 6.42 Å². The minimum Gasteiger partial charge on any atom is -0.377 e. The van der Waals surface area contributed by atoms with Crippen molar-refractivity contribution in [2.45, 2.75) is 50.7 Å². The zero-order valence-electron chi connectivity index (χ0n) is 12.0. The number of nitrogens with two attached hydrogens (primary N) is 1. The maximum atomic E-state index is 12.6. The number of hydrogen-bond acceptors (Lipinski definition) is 4. The van der Waals surface area contributed by atoms with Gasteiger partial charge in [0.15, 0.2) is 0 Å². The van der Waals surface area contributed by atoms with Gasteiger partial charge >= 0.3 is 0 Å². The van der Waals surface area contributed by atoms with Crippen LogP contribution in [0.15, 0.2) is 0 Å². The van der Waals surface area contributed by atoms with Gasteiger partial charge in [-0.05, 0) is 43.9 Å². The molecule has 3 fully saturated rings. The Labute approximate surface area is 121 Å². The molecule has 3 aliphatic rings. The first-order valence-electron chi connectivity index (χ1n) is 7.91. The Morgan fingerprint density at radius 3 is 2.65 bits per heavy atom. The van der Waals surface area contributed by atoms with Gasteiger partial charge in [-0.2, -0.15) is 0 Å². The Balaban J connectivity index is 1.63. The van der Waals surface area contributed by atoms with Crippen LogP contribution in [0.2, 0.25) is 0 Å². The van der Waals surface area contributed by atoms with Crippen LogP contribution in [0.5, 0.6) is 0 Å². The second-order valence-electron chi connectivity index (χ2n) is 6.60. The SMILES string of the molecule is NC1CCCC2CN(S(=O)(=O)CC3CCCCO3)CC12. The summed E-state index contributed by atoms with van der Waals surface area (Å²) in [4.78, 5) is 0. The van der Waals surface area contributed by atoms with Crippen molar-refractivity contribution in [1.29, 1.82) is 0 Å². The van der Waals surface area contributed by atoms with E-state index in [0.29, 0.717) is 31.5 Å². The molecule has 4 unspecified atom stereocenters. The van der Waals surface area contributed by atoms with Gasteiger partial charge in [-0.3, -0.25) is 0 Å². The Morgan fingerprint density at radius 1 is 1.10 bits per heavy atom. The van der Waals surface area contributed by atoms with E-state index in [-0.39, 0.29) is 17.9 Å². The van der Waals surface area contributed by atoms with Crippen LogP contribution in [0, 0.1) is 11.8 Å². The third kappa shape index (κ3) is 3.03. The van der Waals surface area contributed by atoms with E-state index < -0.39 is 10.0 Å². The average molecular weight is 302 g/mol. The summed E-state index contributed by atoms with van der Waals surface area (Å²) in [6.45, 7) is 2.00. The first kappa shape index (κ1) is 14.8. The molecule has 1 aliphatic carbocycles. The lowest BCUT2D eigenvalue weighted by Gasteiger charge is -2.29. The standard InChI is InChI=1S/C14H26N2O3S/c15-14-6-3-4-11-8-16(9-13(11)14)20(17,18)10-12-5-1-2-7-19-12/h11-14H,1-10,15H2. The van der Waals surface area contributed by atoms with Gasteiger partial charge in [0.25, 0.3) is 0 Å². The molecule has 0 aromatic heterocycles. The number of nitrogens with zero attached hydrogens (tertiary/aromatic N) is 1. The second-order valence-corrected chi connectivity index (χ2v) is 8.62.